The van der Waals surface area contributed by atoms with Crippen molar-refractivity contribution < 1.29 is 24.3 Å². The summed E-state index contributed by atoms with van der Waals surface area (Å²) >= 11 is 2.54. The summed E-state index contributed by atoms with van der Waals surface area (Å²) < 4.78 is 0. The number of carboxylic acid groups (broad SMARTS) is 1. The van der Waals surface area contributed by atoms with Crippen molar-refractivity contribution in [3.8, 4) is 0 Å². The molecule has 0 saturated carbocycles. The summed E-state index contributed by atoms with van der Waals surface area (Å²) in [6, 6.07) is -0.871. The highest BCUT2D eigenvalue weighted by Gasteiger charge is 2.54. The zero-order valence-electron chi connectivity index (χ0n) is 16.0. The highest BCUT2D eigenvalue weighted by molar-refractivity contribution is 8.00. The molecule has 1 saturated heterocycles. The number of carboxylic acids is 1. The first kappa shape index (κ1) is 21.1. The lowest BCUT2D eigenvalue weighted by atomic mass is 10.0. The standard InChI is InChI=1S/C17H21N5O5S2/c1-7(2)5-27-21-11(9-6-28-17(18)19-9)13(23)20-12-14(24)22-10(16(25)26)4-8(3)29-15(12)22/h4,6-8,12,15H,5H2,1-3H3,(H2,18,19)(H,20,23)(H,25,26)/t8?,12?,15-/m1/s1. The van der Waals surface area contributed by atoms with E-state index in [1.807, 2.05) is 20.8 Å². The summed E-state index contributed by atoms with van der Waals surface area (Å²) in [5.41, 5.74) is 5.74. The van der Waals surface area contributed by atoms with E-state index in [2.05, 4.69) is 15.5 Å². The van der Waals surface area contributed by atoms with E-state index in [0.29, 0.717) is 6.61 Å². The van der Waals surface area contributed by atoms with Crippen LogP contribution in [0.3, 0.4) is 0 Å². The Balaban J connectivity index is 1.77. The quantitative estimate of drug-likeness (QED) is 0.322. The minimum Gasteiger partial charge on any atom is -0.477 e. The molecular formula is C17H21N5O5S2. The second-order valence-corrected chi connectivity index (χ2v) is 9.34. The molecule has 3 rings (SSSR count). The molecule has 1 fully saturated rings. The van der Waals surface area contributed by atoms with Gasteiger partial charge in [-0.1, -0.05) is 19.0 Å². The molecule has 2 aliphatic rings. The number of carbonyl (C=O) groups excluding carboxylic acids is 2. The van der Waals surface area contributed by atoms with Gasteiger partial charge in [0.1, 0.15) is 29.4 Å². The third-order valence-electron chi connectivity index (χ3n) is 4.10. The van der Waals surface area contributed by atoms with Crippen LogP contribution in [0.25, 0.3) is 0 Å². The van der Waals surface area contributed by atoms with Crippen LogP contribution in [-0.4, -0.2) is 61.8 Å². The van der Waals surface area contributed by atoms with Crippen molar-refractivity contribution in [1.29, 1.82) is 0 Å². The lowest BCUT2D eigenvalue weighted by Crippen LogP contribution is -2.71. The number of hydrogen-bond acceptors (Lipinski definition) is 9. The Hall–Kier alpha value is -2.60. The fourth-order valence-electron chi connectivity index (χ4n) is 2.79. The van der Waals surface area contributed by atoms with Gasteiger partial charge < -0.3 is 21.0 Å². The van der Waals surface area contributed by atoms with Crippen LogP contribution in [0.15, 0.2) is 22.3 Å². The lowest BCUT2D eigenvalue weighted by molar-refractivity contribution is -0.150. The summed E-state index contributed by atoms with van der Waals surface area (Å²) in [5.74, 6) is -2.11. The molecule has 0 bridgehead atoms. The van der Waals surface area contributed by atoms with Crippen molar-refractivity contribution in [1.82, 2.24) is 15.2 Å². The molecule has 12 heteroatoms. The van der Waals surface area contributed by atoms with Gasteiger partial charge in [0.15, 0.2) is 10.8 Å². The molecule has 2 aliphatic heterocycles. The Bertz CT molecular complexity index is 897. The van der Waals surface area contributed by atoms with Gasteiger partial charge in [0.05, 0.1) is 0 Å². The number of fused-ring (bicyclic) bond motifs is 1. The molecule has 0 spiro atoms. The van der Waals surface area contributed by atoms with Crippen LogP contribution in [0.1, 0.15) is 26.5 Å². The number of thioether (sulfide) groups is 1. The van der Waals surface area contributed by atoms with E-state index in [4.69, 9.17) is 10.6 Å². The summed E-state index contributed by atoms with van der Waals surface area (Å²) in [6.45, 7) is 6.01. The molecule has 0 radical (unpaired) electrons. The van der Waals surface area contributed by atoms with E-state index in [1.165, 1.54) is 22.7 Å². The maximum Gasteiger partial charge on any atom is 0.352 e. The van der Waals surface area contributed by atoms with Gasteiger partial charge >= 0.3 is 5.97 Å². The van der Waals surface area contributed by atoms with Gasteiger partial charge in [-0.05, 0) is 18.9 Å². The van der Waals surface area contributed by atoms with Gasteiger partial charge in [-0.3, -0.25) is 14.5 Å². The minimum absolute atomic E-state index is 0.0711. The van der Waals surface area contributed by atoms with Crippen molar-refractivity contribution in [3.63, 3.8) is 0 Å². The van der Waals surface area contributed by atoms with Crippen molar-refractivity contribution in [3.05, 3.63) is 22.8 Å². The first-order chi connectivity index (χ1) is 13.7. The number of nitrogens with two attached hydrogens (primary N) is 1. The highest BCUT2D eigenvalue weighted by atomic mass is 32.2. The Morgan fingerprint density at radius 1 is 1.48 bits per heavy atom. The molecule has 10 nitrogen and oxygen atoms in total. The third kappa shape index (κ3) is 4.37. The van der Waals surface area contributed by atoms with Gasteiger partial charge in [0.25, 0.3) is 11.8 Å². The number of β-lactam (4-membered cyclic amide) rings is 1. The van der Waals surface area contributed by atoms with Gasteiger partial charge in [-0.2, -0.15) is 0 Å². The van der Waals surface area contributed by atoms with E-state index in [1.54, 1.807) is 5.38 Å². The summed E-state index contributed by atoms with van der Waals surface area (Å²) in [4.78, 5) is 47.3. The Morgan fingerprint density at radius 3 is 2.79 bits per heavy atom. The Morgan fingerprint density at radius 2 is 2.21 bits per heavy atom. The van der Waals surface area contributed by atoms with Crippen molar-refractivity contribution in [2.24, 2.45) is 11.1 Å². The molecule has 2 unspecified atom stereocenters. The van der Waals surface area contributed by atoms with Crippen LogP contribution in [0, 0.1) is 5.92 Å². The van der Waals surface area contributed by atoms with E-state index in [9.17, 15) is 19.5 Å². The zero-order chi connectivity index (χ0) is 21.3. The lowest BCUT2D eigenvalue weighted by Gasteiger charge is -2.49. The summed E-state index contributed by atoms with van der Waals surface area (Å²) in [6.07, 6.45) is 1.52. The first-order valence-corrected chi connectivity index (χ1v) is 10.7. The normalized spacial score (nSPS) is 23.9. The fraction of sp³-hybridized carbons (Fsp3) is 0.471. The number of oxime groups is 1. The van der Waals surface area contributed by atoms with Gasteiger partial charge in [-0.25, -0.2) is 9.78 Å². The number of aromatic nitrogens is 1. The second-order valence-electron chi connectivity index (χ2n) is 6.95. The topological polar surface area (TPSA) is 147 Å². The smallest absolute Gasteiger partial charge is 0.352 e. The second kappa shape index (κ2) is 8.41. The maximum absolute atomic E-state index is 12.8. The largest absolute Gasteiger partial charge is 0.477 e. The molecule has 0 aromatic carbocycles. The van der Waals surface area contributed by atoms with E-state index in [0.717, 1.165) is 11.3 Å². The number of nitrogens with one attached hydrogen (secondary N) is 1. The molecule has 29 heavy (non-hydrogen) atoms. The number of aliphatic carboxylic acids is 1. The van der Waals surface area contributed by atoms with E-state index >= 15 is 0 Å². The number of rotatable bonds is 7. The molecular weight excluding hydrogens is 418 g/mol. The molecule has 2 amide bonds. The number of nitrogen functional groups attached to an aromatic ring is 1. The Kier molecular flexibility index (Phi) is 6.13. The van der Waals surface area contributed by atoms with Crippen LogP contribution in [0.4, 0.5) is 5.13 Å². The van der Waals surface area contributed by atoms with Gasteiger partial charge in [-0.15, -0.1) is 23.1 Å². The number of nitrogens with zero attached hydrogens (tertiary/aromatic N) is 3. The predicted molar refractivity (Wildman–Crippen MR) is 109 cm³/mol. The summed E-state index contributed by atoms with van der Waals surface area (Å²) in [7, 11) is 0. The molecule has 4 N–H and O–H groups in total. The minimum atomic E-state index is -1.18. The van der Waals surface area contributed by atoms with Crippen LogP contribution in [-0.2, 0) is 19.2 Å². The van der Waals surface area contributed by atoms with Crippen molar-refractivity contribution >= 4 is 51.7 Å². The van der Waals surface area contributed by atoms with Crippen molar-refractivity contribution in [2.45, 2.75) is 37.4 Å². The highest BCUT2D eigenvalue weighted by Crippen LogP contribution is 2.40. The molecule has 1 aromatic heterocycles. The first-order valence-electron chi connectivity index (χ1n) is 8.85. The number of hydrogen-bond donors (Lipinski definition) is 3. The Labute approximate surface area is 175 Å². The molecule has 3 heterocycles. The predicted octanol–water partition coefficient (Wildman–Crippen LogP) is 0.859. The van der Waals surface area contributed by atoms with E-state index < -0.39 is 29.2 Å². The number of carbonyl (C=O) groups is 3. The monoisotopic (exact) mass is 439 g/mol. The van der Waals surface area contributed by atoms with Gasteiger partial charge in [0.2, 0.25) is 0 Å². The zero-order valence-corrected chi connectivity index (χ0v) is 17.6. The van der Waals surface area contributed by atoms with Crippen LogP contribution in [0.5, 0.6) is 0 Å². The summed E-state index contributed by atoms with van der Waals surface area (Å²) in [5, 5.41) is 17.1. The molecule has 3 atom stereocenters. The average Bonchev–Trinajstić information content (AvgIpc) is 3.07. The molecule has 0 aliphatic carbocycles. The van der Waals surface area contributed by atoms with Crippen LogP contribution < -0.4 is 11.1 Å². The number of thiazole rings is 1. The molecule has 1 aromatic rings. The molecule has 156 valence electrons. The number of amides is 2. The van der Waals surface area contributed by atoms with Crippen LogP contribution in [0.2, 0.25) is 0 Å². The average molecular weight is 440 g/mol. The van der Waals surface area contributed by atoms with Crippen LogP contribution >= 0.6 is 23.1 Å². The van der Waals surface area contributed by atoms with E-state index in [-0.39, 0.29) is 33.4 Å². The third-order valence-corrected chi connectivity index (χ3v) is 6.10. The fourth-order valence-corrected chi connectivity index (χ4v) is 4.67. The maximum atomic E-state index is 12.8. The number of anilines is 1. The van der Waals surface area contributed by atoms with Gasteiger partial charge in [0, 0.05) is 10.6 Å². The van der Waals surface area contributed by atoms with Crippen molar-refractivity contribution in [2.75, 3.05) is 12.3 Å². The SMILES string of the molecule is CC(C)CON=C(C(=O)NC1C(=O)N2C(C(=O)O)=CC(C)S[C@H]12)c1csc(N)n1.